The summed E-state index contributed by atoms with van der Waals surface area (Å²) in [5.74, 6) is 0.243. The van der Waals surface area contributed by atoms with Gasteiger partial charge in [0.15, 0.2) is 0 Å². The van der Waals surface area contributed by atoms with Crippen LogP contribution in [-0.2, 0) is 0 Å². The lowest BCUT2D eigenvalue weighted by Crippen LogP contribution is -2.06. The van der Waals surface area contributed by atoms with E-state index >= 15 is 0 Å². The molecule has 2 aromatic rings. The topological polar surface area (TPSA) is 46.5 Å². The van der Waals surface area contributed by atoms with Crippen LogP contribution in [0.4, 0.5) is 0 Å². The summed E-state index contributed by atoms with van der Waals surface area (Å²) in [6, 6.07) is 15.2. The summed E-state index contributed by atoms with van der Waals surface area (Å²) < 4.78 is 5.57. The second kappa shape index (κ2) is 7.01. The van der Waals surface area contributed by atoms with Gasteiger partial charge in [-0.05, 0) is 31.2 Å². The predicted octanol–water partition coefficient (Wildman–Crippen LogP) is 3.86. The molecule has 0 saturated heterocycles. The van der Waals surface area contributed by atoms with Gasteiger partial charge in [0, 0.05) is 10.6 Å². The van der Waals surface area contributed by atoms with Crippen molar-refractivity contribution in [3.05, 3.63) is 59.7 Å². The highest BCUT2D eigenvalue weighted by atomic mass is 32.2. The Labute approximate surface area is 122 Å². The number of hydrogen-bond donors (Lipinski definition) is 1. The van der Waals surface area contributed by atoms with E-state index in [-0.39, 0.29) is 5.56 Å². The third-order valence-corrected chi connectivity index (χ3v) is 3.69. The first-order valence-corrected chi connectivity index (χ1v) is 7.30. The van der Waals surface area contributed by atoms with Crippen molar-refractivity contribution in [3.63, 3.8) is 0 Å². The third-order valence-electron chi connectivity index (χ3n) is 2.72. The maximum absolute atomic E-state index is 11.1. The summed E-state index contributed by atoms with van der Waals surface area (Å²) in [5.41, 5.74) is 1.13. The summed E-state index contributed by atoms with van der Waals surface area (Å²) in [5, 5.41) is 9.14. The Balaban J connectivity index is 1.90. The fourth-order valence-electron chi connectivity index (χ4n) is 1.76. The third kappa shape index (κ3) is 4.03. The second-order valence-electron chi connectivity index (χ2n) is 4.31. The van der Waals surface area contributed by atoms with Gasteiger partial charge in [-0.25, -0.2) is 4.79 Å². The molecule has 0 heterocycles. The van der Waals surface area contributed by atoms with Crippen molar-refractivity contribution in [2.24, 2.45) is 0 Å². The van der Waals surface area contributed by atoms with E-state index in [0.29, 0.717) is 12.4 Å². The van der Waals surface area contributed by atoms with Crippen molar-refractivity contribution < 1.29 is 14.6 Å². The number of benzene rings is 2. The van der Waals surface area contributed by atoms with Gasteiger partial charge in [0.1, 0.15) is 11.3 Å². The number of aryl methyl sites for hydroxylation is 1. The molecule has 4 heteroatoms. The quantitative estimate of drug-likeness (QED) is 0.647. The number of rotatable bonds is 6. The standard InChI is InChI=1S/C16H16O3S/c1-12-7-8-15(14(11-12)16(17)18)19-9-10-20-13-5-3-2-4-6-13/h2-8,11H,9-10H2,1H3,(H,17,18). The van der Waals surface area contributed by atoms with Gasteiger partial charge in [0.2, 0.25) is 0 Å². The van der Waals surface area contributed by atoms with Crippen LogP contribution in [0.15, 0.2) is 53.4 Å². The number of ether oxygens (including phenoxy) is 1. The van der Waals surface area contributed by atoms with Crippen LogP contribution in [0.25, 0.3) is 0 Å². The fraction of sp³-hybridized carbons (Fsp3) is 0.188. The van der Waals surface area contributed by atoms with Crippen LogP contribution < -0.4 is 4.74 Å². The van der Waals surface area contributed by atoms with Crippen molar-refractivity contribution in [2.45, 2.75) is 11.8 Å². The normalized spacial score (nSPS) is 10.2. The number of carboxylic acid groups (broad SMARTS) is 1. The van der Waals surface area contributed by atoms with E-state index in [1.54, 1.807) is 23.9 Å². The lowest BCUT2D eigenvalue weighted by molar-refractivity contribution is 0.0692. The van der Waals surface area contributed by atoms with Crippen LogP contribution in [-0.4, -0.2) is 23.4 Å². The van der Waals surface area contributed by atoms with E-state index in [1.807, 2.05) is 43.3 Å². The van der Waals surface area contributed by atoms with Crippen LogP contribution in [0.5, 0.6) is 5.75 Å². The van der Waals surface area contributed by atoms with Gasteiger partial charge in [-0.3, -0.25) is 0 Å². The van der Waals surface area contributed by atoms with Crippen LogP contribution in [0.2, 0.25) is 0 Å². The van der Waals surface area contributed by atoms with Crippen molar-refractivity contribution in [2.75, 3.05) is 12.4 Å². The van der Waals surface area contributed by atoms with Gasteiger partial charge in [-0.2, -0.15) is 0 Å². The monoisotopic (exact) mass is 288 g/mol. The summed E-state index contributed by atoms with van der Waals surface area (Å²) in [6.07, 6.45) is 0. The van der Waals surface area contributed by atoms with Gasteiger partial charge in [-0.15, -0.1) is 11.8 Å². The molecule has 0 fully saturated rings. The van der Waals surface area contributed by atoms with E-state index in [4.69, 9.17) is 9.84 Å². The molecule has 104 valence electrons. The molecule has 0 spiro atoms. The predicted molar refractivity (Wildman–Crippen MR) is 80.8 cm³/mol. The zero-order chi connectivity index (χ0) is 14.4. The van der Waals surface area contributed by atoms with Gasteiger partial charge in [-0.1, -0.05) is 29.8 Å². The maximum atomic E-state index is 11.1. The molecule has 0 aliphatic heterocycles. The Morgan fingerprint density at radius 3 is 2.65 bits per heavy atom. The Hall–Kier alpha value is -1.94. The van der Waals surface area contributed by atoms with Crippen LogP contribution >= 0.6 is 11.8 Å². The van der Waals surface area contributed by atoms with E-state index < -0.39 is 5.97 Å². The van der Waals surface area contributed by atoms with E-state index in [2.05, 4.69) is 0 Å². The average Bonchev–Trinajstić information content (AvgIpc) is 2.45. The average molecular weight is 288 g/mol. The smallest absolute Gasteiger partial charge is 0.339 e. The first kappa shape index (κ1) is 14.5. The molecule has 0 atom stereocenters. The Morgan fingerprint density at radius 2 is 1.95 bits per heavy atom. The molecule has 0 bridgehead atoms. The van der Waals surface area contributed by atoms with Gasteiger partial charge >= 0.3 is 5.97 Å². The van der Waals surface area contributed by atoms with Gasteiger partial charge in [0.05, 0.1) is 6.61 Å². The molecule has 0 saturated carbocycles. The van der Waals surface area contributed by atoms with Gasteiger partial charge < -0.3 is 9.84 Å². The Kier molecular flexibility index (Phi) is 5.07. The zero-order valence-electron chi connectivity index (χ0n) is 11.2. The Bertz CT molecular complexity index is 582. The number of thioether (sulfide) groups is 1. The molecule has 1 N–H and O–H groups in total. The van der Waals surface area contributed by atoms with E-state index in [0.717, 1.165) is 11.3 Å². The highest BCUT2D eigenvalue weighted by Crippen LogP contribution is 2.21. The largest absolute Gasteiger partial charge is 0.492 e. The number of carboxylic acids is 1. The van der Waals surface area contributed by atoms with Gasteiger partial charge in [0.25, 0.3) is 0 Å². The van der Waals surface area contributed by atoms with E-state index in [1.165, 1.54) is 4.90 Å². The molecule has 3 nitrogen and oxygen atoms in total. The zero-order valence-corrected chi connectivity index (χ0v) is 12.0. The molecule has 0 aromatic heterocycles. The lowest BCUT2D eigenvalue weighted by Gasteiger charge is -2.09. The Morgan fingerprint density at radius 1 is 1.20 bits per heavy atom. The molecule has 2 aromatic carbocycles. The van der Waals surface area contributed by atoms with Crippen LogP contribution in [0.3, 0.4) is 0 Å². The molecular formula is C16H16O3S. The lowest BCUT2D eigenvalue weighted by atomic mass is 10.1. The van der Waals surface area contributed by atoms with E-state index in [9.17, 15) is 4.79 Å². The molecule has 0 aliphatic carbocycles. The molecule has 0 amide bonds. The van der Waals surface area contributed by atoms with Crippen LogP contribution in [0, 0.1) is 6.92 Å². The molecule has 20 heavy (non-hydrogen) atoms. The first-order chi connectivity index (χ1) is 9.66. The highest BCUT2D eigenvalue weighted by molar-refractivity contribution is 7.99. The first-order valence-electron chi connectivity index (χ1n) is 6.31. The van der Waals surface area contributed by atoms with Crippen molar-refractivity contribution >= 4 is 17.7 Å². The van der Waals surface area contributed by atoms with Crippen molar-refractivity contribution in [1.29, 1.82) is 0 Å². The summed E-state index contributed by atoms with van der Waals surface area (Å²) >= 11 is 1.68. The maximum Gasteiger partial charge on any atom is 0.339 e. The highest BCUT2D eigenvalue weighted by Gasteiger charge is 2.11. The van der Waals surface area contributed by atoms with Crippen molar-refractivity contribution in [3.8, 4) is 5.75 Å². The minimum atomic E-state index is -0.959. The molecule has 0 aliphatic rings. The number of aromatic carboxylic acids is 1. The van der Waals surface area contributed by atoms with Crippen molar-refractivity contribution in [1.82, 2.24) is 0 Å². The summed E-state index contributed by atoms with van der Waals surface area (Å²) in [7, 11) is 0. The molecular weight excluding hydrogens is 272 g/mol. The molecule has 0 unspecified atom stereocenters. The summed E-state index contributed by atoms with van der Waals surface area (Å²) in [6.45, 7) is 2.34. The second-order valence-corrected chi connectivity index (χ2v) is 5.48. The fourth-order valence-corrected chi connectivity index (χ4v) is 2.52. The minimum Gasteiger partial charge on any atom is -0.492 e. The number of hydrogen-bond acceptors (Lipinski definition) is 3. The molecule has 2 rings (SSSR count). The molecule has 0 radical (unpaired) electrons. The SMILES string of the molecule is Cc1ccc(OCCSc2ccccc2)c(C(=O)O)c1. The minimum absolute atomic E-state index is 0.217. The summed E-state index contributed by atoms with van der Waals surface area (Å²) in [4.78, 5) is 12.3. The van der Waals surface area contributed by atoms with Crippen LogP contribution in [0.1, 0.15) is 15.9 Å². The number of carbonyl (C=O) groups is 1.